The Balaban J connectivity index is 1.74. The maximum absolute atomic E-state index is 11.6. The second-order valence-electron chi connectivity index (χ2n) is 6.44. The average molecular weight is 283 g/mol. The molecule has 3 atom stereocenters. The number of fused-ring (bicyclic) bond motifs is 2. The van der Waals surface area contributed by atoms with Crippen molar-refractivity contribution in [2.75, 3.05) is 26.2 Å². The molecule has 2 aliphatic heterocycles. The third-order valence-corrected chi connectivity index (χ3v) is 4.58. The van der Waals surface area contributed by atoms with Crippen molar-refractivity contribution < 1.29 is 9.53 Å². The summed E-state index contributed by atoms with van der Waals surface area (Å²) in [5, 5.41) is 3.30. The van der Waals surface area contributed by atoms with Crippen LogP contribution in [0.4, 0.5) is 0 Å². The molecule has 0 aromatic carbocycles. The van der Waals surface area contributed by atoms with E-state index in [0.717, 1.165) is 45.4 Å². The fraction of sp³-hybridized carbons (Fsp3) is 0.933. The molecule has 0 aromatic rings. The molecule has 5 heteroatoms. The number of nitrogens with one attached hydrogen (secondary N) is 1. The second-order valence-corrected chi connectivity index (χ2v) is 6.44. The largest absolute Gasteiger partial charge is 0.372 e. The Morgan fingerprint density at radius 1 is 1.40 bits per heavy atom. The summed E-state index contributed by atoms with van der Waals surface area (Å²) in [6, 6.07) is 0. The smallest absolute Gasteiger partial charge is 0.237 e. The SMILES string of the molecule is CCCNC(C)(CCCN1CC2CCC(C1)O2)C(N)=O. The van der Waals surface area contributed by atoms with Crippen molar-refractivity contribution in [2.45, 2.75) is 63.7 Å². The molecule has 0 aliphatic carbocycles. The number of hydrogen-bond acceptors (Lipinski definition) is 4. The van der Waals surface area contributed by atoms with E-state index in [9.17, 15) is 4.79 Å². The Morgan fingerprint density at radius 2 is 2.05 bits per heavy atom. The van der Waals surface area contributed by atoms with Crippen molar-refractivity contribution in [3.8, 4) is 0 Å². The van der Waals surface area contributed by atoms with Crippen LogP contribution in [0.25, 0.3) is 0 Å². The topological polar surface area (TPSA) is 67.6 Å². The molecular weight excluding hydrogens is 254 g/mol. The number of nitrogens with zero attached hydrogens (tertiary/aromatic N) is 1. The number of hydrogen-bond donors (Lipinski definition) is 2. The van der Waals surface area contributed by atoms with Gasteiger partial charge in [-0.1, -0.05) is 6.92 Å². The highest BCUT2D eigenvalue weighted by atomic mass is 16.5. The van der Waals surface area contributed by atoms with E-state index in [1.54, 1.807) is 0 Å². The van der Waals surface area contributed by atoms with Crippen molar-refractivity contribution in [1.82, 2.24) is 10.2 Å². The third-order valence-electron chi connectivity index (χ3n) is 4.58. The number of likely N-dealkylation sites (tertiary alicyclic amines) is 1. The third kappa shape index (κ3) is 3.93. The van der Waals surface area contributed by atoms with Gasteiger partial charge < -0.3 is 15.8 Å². The van der Waals surface area contributed by atoms with Gasteiger partial charge in [-0.3, -0.25) is 9.69 Å². The van der Waals surface area contributed by atoms with E-state index in [2.05, 4.69) is 17.1 Å². The average Bonchev–Trinajstić information content (AvgIpc) is 2.75. The minimum Gasteiger partial charge on any atom is -0.372 e. The standard InChI is InChI=1S/C15H29N3O2/c1-3-8-17-15(2,14(16)19)7-4-9-18-10-12-5-6-13(11-18)20-12/h12-13,17H,3-11H2,1-2H3,(H2,16,19). The van der Waals surface area contributed by atoms with Gasteiger partial charge in [-0.05, 0) is 52.1 Å². The number of nitrogens with two attached hydrogens (primary N) is 1. The lowest BCUT2D eigenvalue weighted by atomic mass is 9.94. The van der Waals surface area contributed by atoms with Crippen LogP contribution in [0, 0.1) is 0 Å². The molecule has 2 saturated heterocycles. The first-order valence-electron chi connectivity index (χ1n) is 7.96. The Kier molecular flexibility index (Phi) is 5.41. The van der Waals surface area contributed by atoms with Crippen LogP contribution in [-0.4, -0.2) is 54.7 Å². The number of rotatable bonds is 8. The summed E-state index contributed by atoms with van der Waals surface area (Å²) in [6.45, 7) is 7.98. The molecule has 2 bridgehead atoms. The summed E-state index contributed by atoms with van der Waals surface area (Å²) in [7, 11) is 0. The molecule has 2 fully saturated rings. The minimum atomic E-state index is -0.568. The molecule has 5 nitrogen and oxygen atoms in total. The minimum absolute atomic E-state index is 0.243. The predicted octanol–water partition coefficient (Wildman–Crippen LogP) is 0.873. The number of primary amides is 1. The zero-order valence-electron chi connectivity index (χ0n) is 12.9. The Hall–Kier alpha value is -0.650. The van der Waals surface area contributed by atoms with Crippen LogP contribution in [0.1, 0.15) is 46.0 Å². The van der Waals surface area contributed by atoms with Crippen molar-refractivity contribution in [3.63, 3.8) is 0 Å². The lowest BCUT2D eigenvalue weighted by Gasteiger charge is -2.33. The van der Waals surface area contributed by atoms with Gasteiger partial charge in [-0.2, -0.15) is 0 Å². The zero-order chi connectivity index (χ0) is 14.6. The van der Waals surface area contributed by atoms with E-state index in [0.29, 0.717) is 12.2 Å². The lowest BCUT2D eigenvalue weighted by Crippen LogP contribution is -2.53. The molecule has 0 aromatic heterocycles. The summed E-state index contributed by atoms with van der Waals surface area (Å²) in [6.07, 6.45) is 6.10. The highest BCUT2D eigenvalue weighted by Crippen LogP contribution is 2.26. The normalized spacial score (nSPS) is 29.3. The highest BCUT2D eigenvalue weighted by Gasteiger charge is 2.34. The van der Waals surface area contributed by atoms with Crippen LogP contribution in [0.15, 0.2) is 0 Å². The van der Waals surface area contributed by atoms with Crippen molar-refractivity contribution in [2.24, 2.45) is 5.73 Å². The fourth-order valence-corrected chi connectivity index (χ4v) is 3.24. The summed E-state index contributed by atoms with van der Waals surface area (Å²) >= 11 is 0. The van der Waals surface area contributed by atoms with Gasteiger partial charge in [0.25, 0.3) is 0 Å². The van der Waals surface area contributed by atoms with Gasteiger partial charge in [0.1, 0.15) is 0 Å². The van der Waals surface area contributed by atoms with Crippen LogP contribution in [0.2, 0.25) is 0 Å². The van der Waals surface area contributed by atoms with Gasteiger partial charge in [0, 0.05) is 13.1 Å². The van der Waals surface area contributed by atoms with E-state index < -0.39 is 5.54 Å². The van der Waals surface area contributed by atoms with Crippen LogP contribution < -0.4 is 11.1 Å². The predicted molar refractivity (Wildman–Crippen MR) is 79.5 cm³/mol. The fourth-order valence-electron chi connectivity index (χ4n) is 3.24. The molecule has 20 heavy (non-hydrogen) atoms. The molecule has 2 rings (SSSR count). The summed E-state index contributed by atoms with van der Waals surface area (Å²) in [5.41, 5.74) is 4.98. The van der Waals surface area contributed by atoms with Crippen LogP contribution >= 0.6 is 0 Å². The van der Waals surface area contributed by atoms with Crippen LogP contribution in [-0.2, 0) is 9.53 Å². The number of carbonyl (C=O) groups is 1. The summed E-state index contributed by atoms with van der Waals surface area (Å²) in [5.74, 6) is -0.243. The molecule has 1 amide bonds. The lowest BCUT2D eigenvalue weighted by molar-refractivity contribution is -0.124. The monoisotopic (exact) mass is 283 g/mol. The van der Waals surface area contributed by atoms with E-state index in [-0.39, 0.29) is 5.91 Å². The molecule has 0 radical (unpaired) electrons. The molecule has 2 heterocycles. The van der Waals surface area contributed by atoms with Gasteiger partial charge in [0.05, 0.1) is 17.7 Å². The maximum Gasteiger partial charge on any atom is 0.237 e. The molecule has 3 N–H and O–H groups in total. The first-order valence-corrected chi connectivity index (χ1v) is 7.96. The van der Waals surface area contributed by atoms with Gasteiger partial charge in [-0.25, -0.2) is 0 Å². The number of ether oxygens (including phenoxy) is 1. The second kappa shape index (κ2) is 6.87. The Morgan fingerprint density at radius 3 is 2.60 bits per heavy atom. The maximum atomic E-state index is 11.6. The van der Waals surface area contributed by atoms with E-state index in [1.807, 2.05) is 6.92 Å². The number of morpholine rings is 1. The van der Waals surface area contributed by atoms with Crippen LogP contribution in [0.3, 0.4) is 0 Å². The van der Waals surface area contributed by atoms with Gasteiger partial charge in [-0.15, -0.1) is 0 Å². The van der Waals surface area contributed by atoms with Crippen LogP contribution in [0.5, 0.6) is 0 Å². The van der Waals surface area contributed by atoms with E-state index >= 15 is 0 Å². The van der Waals surface area contributed by atoms with E-state index in [1.165, 1.54) is 12.8 Å². The summed E-state index contributed by atoms with van der Waals surface area (Å²) < 4.78 is 5.84. The van der Waals surface area contributed by atoms with Crippen molar-refractivity contribution >= 4 is 5.91 Å². The quantitative estimate of drug-likeness (QED) is 0.694. The highest BCUT2D eigenvalue weighted by molar-refractivity contribution is 5.84. The summed E-state index contributed by atoms with van der Waals surface area (Å²) in [4.78, 5) is 14.1. The van der Waals surface area contributed by atoms with Crippen molar-refractivity contribution in [1.29, 1.82) is 0 Å². The van der Waals surface area contributed by atoms with Gasteiger partial charge in [0.2, 0.25) is 5.91 Å². The molecule has 0 saturated carbocycles. The van der Waals surface area contributed by atoms with Crippen molar-refractivity contribution in [3.05, 3.63) is 0 Å². The number of amides is 1. The molecule has 2 aliphatic rings. The first-order chi connectivity index (χ1) is 9.53. The molecular formula is C15H29N3O2. The van der Waals surface area contributed by atoms with Gasteiger partial charge >= 0.3 is 0 Å². The Labute approximate surface area is 122 Å². The molecule has 0 spiro atoms. The van der Waals surface area contributed by atoms with Gasteiger partial charge in [0.15, 0.2) is 0 Å². The van der Waals surface area contributed by atoms with E-state index in [4.69, 9.17) is 10.5 Å². The number of carbonyl (C=O) groups excluding carboxylic acids is 1. The molecule has 116 valence electrons. The first kappa shape index (κ1) is 15.7. The zero-order valence-corrected chi connectivity index (χ0v) is 12.9. The Bertz CT molecular complexity index is 325. The molecule has 3 unspecified atom stereocenters.